The lowest BCUT2D eigenvalue weighted by Crippen LogP contribution is -2.03. The number of rotatable bonds is 11. The molecule has 0 aromatic heterocycles. The average Bonchev–Trinajstić information content (AvgIpc) is 2.65. The zero-order valence-corrected chi connectivity index (χ0v) is 15.1. The minimum atomic E-state index is -0.0754. The first-order valence-corrected chi connectivity index (χ1v) is 9.19. The summed E-state index contributed by atoms with van der Waals surface area (Å²) in [5, 5.41) is 0. The highest BCUT2D eigenvalue weighted by atomic mass is 16.5. The Labute approximate surface area is 151 Å². The second-order valence-corrected chi connectivity index (χ2v) is 6.14. The van der Waals surface area contributed by atoms with Crippen molar-refractivity contribution in [2.45, 2.75) is 52.1 Å². The highest BCUT2D eigenvalue weighted by Gasteiger charge is 2.01. The van der Waals surface area contributed by atoms with E-state index >= 15 is 0 Å². The lowest BCUT2D eigenvalue weighted by atomic mass is 10.1. The van der Waals surface area contributed by atoms with Gasteiger partial charge >= 0.3 is 5.97 Å². The quantitative estimate of drug-likeness (QED) is 0.410. The zero-order valence-electron chi connectivity index (χ0n) is 15.1. The molecule has 0 radical (unpaired) electrons. The molecule has 2 rings (SSSR count). The van der Waals surface area contributed by atoms with Gasteiger partial charge in [-0.1, -0.05) is 55.3 Å². The fourth-order valence-electron chi connectivity index (χ4n) is 2.68. The summed E-state index contributed by atoms with van der Waals surface area (Å²) in [5.74, 6) is 0.829. The van der Waals surface area contributed by atoms with Crippen LogP contribution in [0.3, 0.4) is 0 Å². The summed E-state index contributed by atoms with van der Waals surface area (Å²) in [6.45, 7) is 2.92. The van der Waals surface area contributed by atoms with Gasteiger partial charge < -0.3 is 9.47 Å². The number of hydrogen-bond acceptors (Lipinski definition) is 3. The molecular weight excluding hydrogens is 312 g/mol. The van der Waals surface area contributed by atoms with Gasteiger partial charge in [-0.15, -0.1) is 0 Å². The molecule has 0 heterocycles. The van der Waals surface area contributed by atoms with Gasteiger partial charge in [0, 0.05) is 6.42 Å². The Morgan fingerprint density at radius 2 is 1.56 bits per heavy atom. The molecule has 3 nitrogen and oxygen atoms in total. The average molecular weight is 340 g/mol. The molecule has 0 amide bonds. The Hall–Kier alpha value is -2.29. The van der Waals surface area contributed by atoms with Crippen molar-refractivity contribution in [3.8, 4) is 5.75 Å². The molecule has 0 saturated heterocycles. The van der Waals surface area contributed by atoms with Gasteiger partial charge in [0.15, 0.2) is 0 Å². The molecule has 2 aromatic rings. The minimum Gasteiger partial charge on any atom is -0.489 e. The minimum absolute atomic E-state index is 0.0754. The largest absolute Gasteiger partial charge is 0.489 e. The lowest BCUT2D eigenvalue weighted by molar-refractivity contribution is -0.143. The van der Waals surface area contributed by atoms with Gasteiger partial charge in [0.2, 0.25) is 0 Å². The van der Waals surface area contributed by atoms with Gasteiger partial charge in [-0.3, -0.25) is 4.79 Å². The summed E-state index contributed by atoms with van der Waals surface area (Å²) in [5.41, 5.74) is 2.51. The lowest BCUT2D eigenvalue weighted by Gasteiger charge is -2.07. The van der Waals surface area contributed by atoms with Crippen LogP contribution in [0.25, 0.3) is 0 Å². The standard InChI is InChI=1S/C22H28O3/c1-2-24-22(23)13-9-4-3-6-10-19-14-16-21(17-15-19)25-18-20-11-7-5-8-12-20/h5,7-8,11-12,14-17H,2-4,6,9-10,13,18H2,1H3. The van der Waals surface area contributed by atoms with E-state index < -0.39 is 0 Å². The van der Waals surface area contributed by atoms with Crippen LogP contribution in [0.1, 0.15) is 50.2 Å². The van der Waals surface area contributed by atoms with E-state index in [0.29, 0.717) is 19.6 Å². The Kier molecular flexibility index (Phi) is 8.60. The molecule has 0 saturated carbocycles. The van der Waals surface area contributed by atoms with Crippen LogP contribution >= 0.6 is 0 Å². The number of aryl methyl sites for hydroxylation is 1. The van der Waals surface area contributed by atoms with E-state index in [1.807, 2.05) is 37.3 Å². The second kappa shape index (κ2) is 11.3. The number of benzene rings is 2. The molecule has 0 fully saturated rings. The number of unbranched alkanes of at least 4 members (excludes halogenated alkanes) is 3. The fraction of sp³-hybridized carbons (Fsp3) is 0.409. The number of hydrogen-bond donors (Lipinski definition) is 0. The van der Waals surface area contributed by atoms with E-state index in [1.54, 1.807) is 0 Å². The third-order valence-electron chi connectivity index (χ3n) is 4.07. The summed E-state index contributed by atoms with van der Waals surface area (Å²) < 4.78 is 10.7. The van der Waals surface area contributed by atoms with Crippen LogP contribution in [0.4, 0.5) is 0 Å². The summed E-state index contributed by atoms with van der Waals surface area (Å²) in [7, 11) is 0. The van der Waals surface area contributed by atoms with Crippen LogP contribution in [0, 0.1) is 0 Å². The first-order chi connectivity index (χ1) is 12.3. The molecule has 0 N–H and O–H groups in total. The fourth-order valence-corrected chi connectivity index (χ4v) is 2.68. The van der Waals surface area contributed by atoms with Crippen LogP contribution in [0.2, 0.25) is 0 Å². The number of carbonyl (C=O) groups excluding carboxylic acids is 1. The van der Waals surface area contributed by atoms with Crippen LogP contribution in [-0.4, -0.2) is 12.6 Å². The van der Waals surface area contributed by atoms with E-state index in [9.17, 15) is 4.79 Å². The Morgan fingerprint density at radius 3 is 2.28 bits per heavy atom. The van der Waals surface area contributed by atoms with Gasteiger partial charge in [0.25, 0.3) is 0 Å². The Balaban J connectivity index is 1.59. The van der Waals surface area contributed by atoms with Crippen molar-refractivity contribution >= 4 is 5.97 Å². The van der Waals surface area contributed by atoms with Crippen molar-refractivity contribution < 1.29 is 14.3 Å². The van der Waals surface area contributed by atoms with Crippen molar-refractivity contribution in [3.05, 3.63) is 65.7 Å². The predicted octanol–water partition coefficient (Wildman–Crippen LogP) is 5.32. The van der Waals surface area contributed by atoms with Crippen LogP contribution in [0.5, 0.6) is 5.75 Å². The molecule has 0 spiro atoms. The highest BCUT2D eigenvalue weighted by Crippen LogP contribution is 2.16. The van der Waals surface area contributed by atoms with E-state index in [-0.39, 0.29) is 5.97 Å². The second-order valence-electron chi connectivity index (χ2n) is 6.14. The highest BCUT2D eigenvalue weighted by molar-refractivity contribution is 5.69. The molecule has 0 bridgehead atoms. The predicted molar refractivity (Wildman–Crippen MR) is 101 cm³/mol. The van der Waals surface area contributed by atoms with Gasteiger partial charge in [-0.05, 0) is 49.4 Å². The Bertz CT molecular complexity index is 605. The van der Waals surface area contributed by atoms with Crippen LogP contribution in [-0.2, 0) is 22.6 Å². The molecule has 0 aliphatic rings. The third-order valence-corrected chi connectivity index (χ3v) is 4.07. The molecule has 134 valence electrons. The van der Waals surface area contributed by atoms with E-state index in [0.717, 1.165) is 37.9 Å². The normalized spacial score (nSPS) is 10.4. The molecule has 0 unspecified atom stereocenters. The molecule has 0 aliphatic carbocycles. The Morgan fingerprint density at radius 1 is 0.840 bits per heavy atom. The summed E-state index contributed by atoms with van der Waals surface area (Å²) in [6.07, 6.45) is 5.90. The van der Waals surface area contributed by atoms with Gasteiger partial charge in [-0.2, -0.15) is 0 Å². The van der Waals surface area contributed by atoms with Gasteiger partial charge in [-0.25, -0.2) is 0 Å². The number of ether oxygens (including phenoxy) is 2. The summed E-state index contributed by atoms with van der Waals surface area (Å²) in [4.78, 5) is 11.2. The topological polar surface area (TPSA) is 35.5 Å². The third kappa shape index (κ3) is 7.88. The van der Waals surface area contributed by atoms with E-state index in [4.69, 9.17) is 9.47 Å². The van der Waals surface area contributed by atoms with Crippen molar-refractivity contribution in [2.24, 2.45) is 0 Å². The van der Waals surface area contributed by atoms with E-state index in [1.165, 1.54) is 11.1 Å². The van der Waals surface area contributed by atoms with Crippen molar-refractivity contribution in [2.75, 3.05) is 6.61 Å². The molecule has 25 heavy (non-hydrogen) atoms. The van der Waals surface area contributed by atoms with Crippen molar-refractivity contribution in [3.63, 3.8) is 0 Å². The molecule has 2 aromatic carbocycles. The smallest absolute Gasteiger partial charge is 0.305 e. The summed E-state index contributed by atoms with van der Waals surface area (Å²) in [6, 6.07) is 18.5. The van der Waals surface area contributed by atoms with Crippen LogP contribution < -0.4 is 4.74 Å². The number of esters is 1. The van der Waals surface area contributed by atoms with Gasteiger partial charge in [0.05, 0.1) is 6.61 Å². The maximum atomic E-state index is 11.2. The maximum Gasteiger partial charge on any atom is 0.305 e. The molecule has 0 atom stereocenters. The van der Waals surface area contributed by atoms with Crippen LogP contribution in [0.15, 0.2) is 54.6 Å². The molecule has 0 aliphatic heterocycles. The monoisotopic (exact) mass is 340 g/mol. The van der Waals surface area contributed by atoms with E-state index in [2.05, 4.69) is 24.3 Å². The molecular formula is C22H28O3. The summed E-state index contributed by atoms with van der Waals surface area (Å²) >= 11 is 0. The molecule has 3 heteroatoms. The SMILES string of the molecule is CCOC(=O)CCCCCCc1ccc(OCc2ccccc2)cc1. The number of carbonyl (C=O) groups is 1. The van der Waals surface area contributed by atoms with Gasteiger partial charge in [0.1, 0.15) is 12.4 Å². The first kappa shape index (κ1) is 19.0. The van der Waals surface area contributed by atoms with Crippen molar-refractivity contribution in [1.29, 1.82) is 0 Å². The maximum absolute atomic E-state index is 11.2. The van der Waals surface area contributed by atoms with Crippen molar-refractivity contribution in [1.82, 2.24) is 0 Å². The zero-order chi connectivity index (χ0) is 17.7. The first-order valence-electron chi connectivity index (χ1n) is 9.19.